The minimum Gasteiger partial charge on any atom is -0.453 e. The topological polar surface area (TPSA) is 24.8 Å². The molecule has 0 aromatic heterocycles. The number of halogens is 3. The molecule has 2 aliphatic rings. The Morgan fingerprint density at radius 3 is 2.56 bits per heavy atom. The van der Waals surface area contributed by atoms with E-state index in [1.807, 2.05) is 29.2 Å². The first-order chi connectivity index (χ1) is 12.0. The van der Waals surface area contributed by atoms with Crippen LogP contribution in [0, 0.1) is 0 Å². The normalized spacial score (nSPS) is 17.1. The van der Waals surface area contributed by atoms with Crippen LogP contribution >= 0.6 is 0 Å². The van der Waals surface area contributed by atoms with Gasteiger partial charge in [0, 0.05) is 13.0 Å². The lowest BCUT2D eigenvalue weighted by Gasteiger charge is -2.33. The van der Waals surface area contributed by atoms with Crippen molar-refractivity contribution in [3.8, 4) is 11.5 Å². The zero-order chi connectivity index (χ0) is 17.4. The number of rotatable bonds is 0. The summed E-state index contributed by atoms with van der Waals surface area (Å²) in [5, 5.41) is 0. The molecule has 0 atom stereocenters. The average Bonchev–Trinajstić information content (AvgIpc) is 2.87. The summed E-state index contributed by atoms with van der Waals surface area (Å²) in [7, 11) is 0. The number of fused-ring (bicyclic) bond motifs is 2. The van der Waals surface area contributed by atoms with Crippen LogP contribution < -0.4 is 9.64 Å². The molecule has 130 valence electrons. The quantitative estimate of drug-likeness (QED) is 0.591. The highest BCUT2D eigenvalue weighted by Crippen LogP contribution is 2.48. The molecule has 0 unspecified atom stereocenters. The maximum Gasteiger partial charge on any atom is 0.416 e. The molecule has 0 aliphatic carbocycles. The first-order valence-corrected chi connectivity index (χ1v) is 8.35. The molecule has 2 aliphatic heterocycles. The van der Waals surface area contributed by atoms with Crippen LogP contribution in [0.5, 0.6) is 11.5 Å². The number of amidine groups is 1. The molecular weight excluding hydrogens is 329 g/mol. The fourth-order valence-corrected chi connectivity index (χ4v) is 3.25. The van der Waals surface area contributed by atoms with Crippen LogP contribution in [0.4, 0.5) is 24.5 Å². The number of aliphatic imine (C=N–C) groups is 1. The predicted octanol–water partition coefficient (Wildman–Crippen LogP) is 5.92. The Morgan fingerprint density at radius 1 is 0.920 bits per heavy atom. The Balaban J connectivity index is 1.88. The van der Waals surface area contributed by atoms with Crippen molar-refractivity contribution in [1.82, 2.24) is 0 Å². The molecule has 0 radical (unpaired) electrons. The SMILES string of the molecule is FC(F)(F)c1ccc2c(c1)N(C1=NCCCCC1)c1ccccc1O2. The lowest BCUT2D eigenvalue weighted by atomic mass is 10.1. The number of benzene rings is 2. The van der Waals surface area contributed by atoms with Crippen LogP contribution in [0.2, 0.25) is 0 Å². The van der Waals surface area contributed by atoms with Crippen molar-refractivity contribution in [2.75, 3.05) is 11.4 Å². The standard InChI is InChI=1S/C19H17F3N2O/c20-19(21,22)13-9-10-17-15(12-13)24(18-8-2-1-5-11-23-18)14-6-3-4-7-16(14)25-17/h3-4,6-7,9-10,12H,1-2,5,8,11H2. The molecule has 6 heteroatoms. The van der Waals surface area contributed by atoms with Crippen molar-refractivity contribution < 1.29 is 17.9 Å². The van der Waals surface area contributed by atoms with Crippen molar-refractivity contribution in [3.63, 3.8) is 0 Å². The third-order valence-electron chi connectivity index (χ3n) is 4.46. The number of hydrogen-bond acceptors (Lipinski definition) is 3. The van der Waals surface area contributed by atoms with E-state index in [9.17, 15) is 13.2 Å². The largest absolute Gasteiger partial charge is 0.453 e. The molecular formula is C19H17F3N2O. The number of alkyl halides is 3. The molecule has 0 fully saturated rings. The van der Waals surface area contributed by atoms with Crippen molar-refractivity contribution in [1.29, 1.82) is 0 Å². The van der Waals surface area contributed by atoms with Crippen LogP contribution in [0.3, 0.4) is 0 Å². The zero-order valence-electron chi connectivity index (χ0n) is 13.5. The monoisotopic (exact) mass is 346 g/mol. The zero-order valence-corrected chi connectivity index (χ0v) is 13.5. The van der Waals surface area contributed by atoms with Crippen molar-refractivity contribution in [2.24, 2.45) is 4.99 Å². The summed E-state index contributed by atoms with van der Waals surface area (Å²) in [5.41, 5.74) is 0.442. The maximum atomic E-state index is 13.2. The lowest BCUT2D eigenvalue weighted by molar-refractivity contribution is -0.137. The highest BCUT2D eigenvalue weighted by atomic mass is 19.4. The van der Waals surface area contributed by atoms with Gasteiger partial charge in [0.25, 0.3) is 0 Å². The fraction of sp³-hybridized carbons (Fsp3) is 0.316. The van der Waals surface area contributed by atoms with Gasteiger partial charge in [-0.3, -0.25) is 9.89 Å². The first kappa shape index (κ1) is 16.0. The van der Waals surface area contributed by atoms with Crippen LogP contribution in [-0.4, -0.2) is 12.4 Å². The number of nitrogens with zero attached hydrogens (tertiary/aromatic N) is 2. The Bertz CT molecular complexity index is 830. The molecule has 2 aromatic carbocycles. The van der Waals surface area contributed by atoms with Gasteiger partial charge < -0.3 is 4.74 Å². The average molecular weight is 346 g/mol. The molecule has 3 nitrogen and oxygen atoms in total. The lowest BCUT2D eigenvalue weighted by Crippen LogP contribution is -2.29. The van der Waals surface area contributed by atoms with Gasteiger partial charge in [-0.15, -0.1) is 0 Å². The third-order valence-corrected chi connectivity index (χ3v) is 4.46. The maximum absolute atomic E-state index is 13.2. The Hall–Kier alpha value is -2.50. The summed E-state index contributed by atoms with van der Waals surface area (Å²) in [6.45, 7) is 0.698. The summed E-state index contributed by atoms with van der Waals surface area (Å²) in [5.74, 6) is 1.84. The molecule has 0 saturated carbocycles. The second kappa shape index (κ2) is 6.10. The van der Waals surface area contributed by atoms with Crippen molar-refractivity contribution in [3.05, 3.63) is 48.0 Å². The van der Waals surface area contributed by atoms with E-state index in [0.717, 1.165) is 49.3 Å². The Morgan fingerprint density at radius 2 is 1.72 bits per heavy atom. The fourth-order valence-electron chi connectivity index (χ4n) is 3.25. The van der Waals surface area contributed by atoms with Gasteiger partial charge >= 0.3 is 6.18 Å². The molecule has 2 heterocycles. The highest BCUT2D eigenvalue weighted by Gasteiger charge is 2.34. The van der Waals surface area contributed by atoms with E-state index in [2.05, 4.69) is 4.99 Å². The summed E-state index contributed by atoms with van der Waals surface area (Å²) in [4.78, 5) is 6.47. The van der Waals surface area contributed by atoms with Gasteiger partial charge in [-0.05, 0) is 43.2 Å². The summed E-state index contributed by atoms with van der Waals surface area (Å²) in [6, 6.07) is 11.0. The number of ether oxygens (including phenoxy) is 1. The molecule has 25 heavy (non-hydrogen) atoms. The molecule has 4 rings (SSSR count). The number of anilines is 2. The minimum absolute atomic E-state index is 0.397. The van der Waals surface area contributed by atoms with E-state index in [0.29, 0.717) is 23.7 Å². The van der Waals surface area contributed by atoms with E-state index in [1.54, 1.807) is 0 Å². The first-order valence-electron chi connectivity index (χ1n) is 8.35. The van der Waals surface area contributed by atoms with Crippen LogP contribution in [0.15, 0.2) is 47.5 Å². The third kappa shape index (κ3) is 2.97. The Labute approximate surface area is 143 Å². The highest BCUT2D eigenvalue weighted by molar-refractivity contribution is 6.07. The molecule has 0 bridgehead atoms. The van der Waals surface area contributed by atoms with Gasteiger partial charge in [0.2, 0.25) is 0 Å². The van der Waals surface area contributed by atoms with Crippen molar-refractivity contribution >= 4 is 17.2 Å². The molecule has 0 N–H and O–H groups in total. The van der Waals surface area contributed by atoms with Crippen LogP contribution in [-0.2, 0) is 6.18 Å². The molecule has 2 aromatic rings. The smallest absolute Gasteiger partial charge is 0.416 e. The van der Waals surface area contributed by atoms with E-state index in [-0.39, 0.29) is 0 Å². The minimum atomic E-state index is -4.40. The Kier molecular flexibility index (Phi) is 3.90. The predicted molar refractivity (Wildman–Crippen MR) is 90.9 cm³/mol. The van der Waals surface area contributed by atoms with E-state index >= 15 is 0 Å². The second-order valence-corrected chi connectivity index (χ2v) is 6.19. The summed E-state index contributed by atoms with van der Waals surface area (Å²) < 4.78 is 45.4. The second-order valence-electron chi connectivity index (χ2n) is 6.19. The van der Waals surface area contributed by atoms with Gasteiger partial charge in [0.1, 0.15) is 5.84 Å². The van der Waals surface area contributed by atoms with Gasteiger partial charge in [0.15, 0.2) is 11.5 Å². The number of hydrogen-bond donors (Lipinski definition) is 0. The number of para-hydroxylation sites is 2. The van der Waals surface area contributed by atoms with Gasteiger partial charge in [-0.1, -0.05) is 18.6 Å². The summed E-state index contributed by atoms with van der Waals surface area (Å²) >= 11 is 0. The van der Waals surface area contributed by atoms with Gasteiger partial charge in [-0.2, -0.15) is 13.2 Å². The van der Waals surface area contributed by atoms with E-state index < -0.39 is 11.7 Å². The molecule has 0 saturated heterocycles. The van der Waals surface area contributed by atoms with Crippen LogP contribution in [0.25, 0.3) is 0 Å². The van der Waals surface area contributed by atoms with E-state index in [4.69, 9.17) is 4.74 Å². The van der Waals surface area contributed by atoms with E-state index in [1.165, 1.54) is 6.07 Å². The molecule has 0 spiro atoms. The summed E-state index contributed by atoms with van der Waals surface area (Å²) in [6.07, 6.45) is -0.598. The molecule has 0 amide bonds. The van der Waals surface area contributed by atoms with Crippen molar-refractivity contribution in [2.45, 2.75) is 31.9 Å². The van der Waals surface area contributed by atoms with Gasteiger partial charge in [0.05, 0.1) is 16.9 Å². The van der Waals surface area contributed by atoms with Crippen LogP contribution in [0.1, 0.15) is 31.2 Å². The van der Waals surface area contributed by atoms with Gasteiger partial charge in [-0.25, -0.2) is 0 Å².